The molecule has 0 atom stereocenters. The third kappa shape index (κ3) is 5.90. The van der Waals surface area contributed by atoms with Gasteiger partial charge in [-0.3, -0.25) is 19.7 Å². The molecule has 0 aliphatic rings. The van der Waals surface area contributed by atoms with Crippen LogP contribution < -0.4 is 15.4 Å². The van der Waals surface area contributed by atoms with Crippen molar-refractivity contribution in [3.05, 3.63) is 69.9 Å². The van der Waals surface area contributed by atoms with Gasteiger partial charge in [-0.2, -0.15) is 0 Å². The molecule has 0 radical (unpaired) electrons. The molecule has 2 amide bonds. The second kappa shape index (κ2) is 9.01. The standard InChI is InChI=1S/C21H23N3O5/c1-21(2,3)20(26)23-17(13-14-7-5-6-8-18(14)29-4)19(25)22-15-9-11-16(12-10-15)24(27)28/h5-13H,1-4H3,(H,22,25)(H,23,26)/b17-13+. The highest BCUT2D eigenvalue weighted by Crippen LogP contribution is 2.22. The van der Waals surface area contributed by atoms with E-state index in [1.54, 1.807) is 45.0 Å². The molecule has 8 nitrogen and oxygen atoms in total. The summed E-state index contributed by atoms with van der Waals surface area (Å²) in [5.74, 6) is -0.363. The molecule has 2 rings (SSSR count). The number of benzene rings is 2. The van der Waals surface area contributed by atoms with Crippen molar-refractivity contribution in [2.24, 2.45) is 5.41 Å². The third-order valence-electron chi connectivity index (χ3n) is 3.95. The van der Waals surface area contributed by atoms with Gasteiger partial charge >= 0.3 is 0 Å². The largest absolute Gasteiger partial charge is 0.496 e. The predicted octanol–water partition coefficient (Wildman–Crippen LogP) is 3.75. The third-order valence-corrected chi connectivity index (χ3v) is 3.95. The molecule has 0 aliphatic carbocycles. The molecule has 0 aromatic heterocycles. The molecule has 0 heterocycles. The minimum atomic E-state index is -0.715. The van der Waals surface area contributed by atoms with Crippen molar-refractivity contribution in [3.63, 3.8) is 0 Å². The van der Waals surface area contributed by atoms with E-state index in [0.29, 0.717) is 17.0 Å². The predicted molar refractivity (Wildman–Crippen MR) is 110 cm³/mol. The smallest absolute Gasteiger partial charge is 0.272 e. The molecule has 0 spiro atoms. The number of rotatable bonds is 6. The van der Waals surface area contributed by atoms with Crippen molar-refractivity contribution in [3.8, 4) is 5.75 Å². The molecule has 0 unspecified atom stereocenters. The molecule has 29 heavy (non-hydrogen) atoms. The summed E-state index contributed by atoms with van der Waals surface area (Å²) in [5.41, 5.74) is 0.184. The Morgan fingerprint density at radius 2 is 1.69 bits per heavy atom. The number of anilines is 1. The quantitative estimate of drug-likeness (QED) is 0.438. The zero-order chi connectivity index (χ0) is 21.6. The minimum Gasteiger partial charge on any atom is -0.496 e. The molecular weight excluding hydrogens is 374 g/mol. The van der Waals surface area contributed by atoms with Crippen LogP contribution in [0.2, 0.25) is 0 Å². The Bertz CT molecular complexity index is 944. The molecule has 0 aliphatic heterocycles. The number of hydrogen-bond donors (Lipinski definition) is 2. The number of carbonyl (C=O) groups is 2. The number of methoxy groups -OCH3 is 1. The van der Waals surface area contributed by atoms with Crippen molar-refractivity contribution in [2.75, 3.05) is 12.4 Å². The Labute approximate surface area is 168 Å². The maximum Gasteiger partial charge on any atom is 0.272 e. The molecule has 0 fully saturated rings. The summed E-state index contributed by atoms with van der Waals surface area (Å²) in [6.07, 6.45) is 1.52. The van der Waals surface area contributed by atoms with Gasteiger partial charge in [0, 0.05) is 28.8 Å². The van der Waals surface area contributed by atoms with E-state index in [9.17, 15) is 19.7 Å². The molecule has 152 valence electrons. The van der Waals surface area contributed by atoms with Crippen LogP contribution >= 0.6 is 0 Å². The second-order valence-electron chi connectivity index (χ2n) is 7.26. The van der Waals surface area contributed by atoms with Gasteiger partial charge in [0.25, 0.3) is 11.6 Å². The Kier molecular flexibility index (Phi) is 6.71. The summed E-state index contributed by atoms with van der Waals surface area (Å²) >= 11 is 0. The Hall–Kier alpha value is -3.68. The lowest BCUT2D eigenvalue weighted by Crippen LogP contribution is -2.38. The Balaban J connectivity index is 2.35. The molecule has 0 saturated carbocycles. The zero-order valence-corrected chi connectivity index (χ0v) is 16.7. The van der Waals surface area contributed by atoms with Crippen molar-refractivity contribution >= 4 is 29.3 Å². The highest BCUT2D eigenvalue weighted by Gasteiger charge is 2.24. The van der Waals surface area contributed by atoms with Crippen molar-refractivity contribution in [2.45, 2.75) is 20.8 Å². The van der Waals surface area contributed by atoms with Crippen molar-refractivity contribution in [1.82, 2.24) is 5.32 Å². The summed E-state index contributed by atoms with van der Waals surface area (Å²) in [5, 5.41) is 16.1. The Morgan fingerprint density at radius 3 is 2.24 bits per heavy atom. The van der Waals surface area contributed by atoms with E-state index in [2.05, 4.69) is 10.6 Å². The van der Waals surface area contributed by atoms with E-state index in [1.807, 2.05) is 0 Å². The van der Waals surface area contributed by atoms with Crippen LogP contribution in [0, 0.1) is 15.5 Å². The topological polar surface area (TPSA) is 111 Å². The second-order valence-corrected chi connectivity index (χ2v) is 7.26. The lowest BCUT2D eigenvalue weighted by atomic mass is 9.95. The molecule has 2 aromatic carbocycles. The lowest BCUT2D eigenvalue weighted by Gasteiger charge is -2.19. The fraction of sp³-hybridized carbons (Fsp3) is 0.238. The van der Waals surface area contributed by atoms with Crippen LogP contribution in [0.4, 0.5) is 11.4 Å². The molecule has 0 saturated heterocycles. The first-order chi connectivity index (χ1) is 13.6. The van der Waals surface area contributed by atoms with E-state index in [-0.39, 0.29) is 17.3 Å². The normalized spacial score (nSPS) is 11.5. The highest BCUT2D eigenvalue weighted by atomic mass is 16.6. The van der Waals surface area contributed by atoms with Crippen LogP contribution in [0.15, 0.2) is 54.2 Å². The number of amides is 2. The van der Waals surface area contributed by atoms with E-state index in [0.717, 1.165) is 0 Å². The summed E-state index contributed by atoms with van der Waals surface area (Å²) < 4.78 is 5.30. The minimum absolute atomic E-state index is 0.0211. The number of nitro benzene ring substituents is 1. The van der Waals surface area contributed by atoms with E-state index >= 15 is 0 Å². The van der Waals surface area contributed by atoms with Gasteiger partial charge in [0.05, 0.1) is 12.0 Å². The SMILES string of the molecule is COc1ccccc1/C=C(/NC(=O)C(C)(C)C)C(=O)Nc1ccc([N+](=O)[O-])cc1. The number of non-ortho nitro benzene ring substituents is 1. The van der Waals surface area contributed by atoms with Gasteiger partial charge in [-0.1, -0.05) is 39.0 Å². The average molecular weight is 397 g/mol. The van der Waals surface area contributed by atoms with Crippen molar-refractivity contribution < 1.29 is 19.2 Å². The first-order valence-electron chi connectivity index (χ1n) is 8.84. The maximum absolute atomic E-state index is 12.8. The van der Waals surface area contributed by atoms with Crippen LogP contribution in [0.1, 0.15) is 26.3 Å². The zero-order valence-electron chi connectivity index (χ0n) is 16.7. The van der Waals surface area contributed by atoms with Crippen LogP contribution in [0.3, 0.4) is 0 Å². The van der Waals surface area contributed by atoms with E-state index in [4.69, 9.17) is 4.74 Å². The molecule has 2 N–H and O–H groups in total. The molecular formula is C21H23N3O5. The fourth-order valence-electron chi connectivity index (χ4n) is 2.27. The number of carbonyl (C=O) groups excluding carboxylic acids is 2. The van der Waals surface area contributed by atoms with Gasteiger partial charge in [-0.25, -0.2) is 0 Å². The maximum atomic E-state index is 12.8. The fourth-order valence-corrected chi connectivity index (χ4v) is 2.27. The summed E-state index contributed by atoms with van der Waals surface area (Å²) in [6, 6.07) is 12.5. The monoisotopic (exact) mass is 397 g/mol. The number of nitrogens with one attached hydrogen (secondary N) is 2. The van der Waals surface area contributed by atoms with Gasteiger partial charge in [0.1, 0.15) is 11.4 Å². The van der Waals surface area contributed by atoms with Crippen LogP contribution in [-0.2, 0) is 9.59 Å². The number of nitro groups is 1. The van der Waals surface area contributed by atoms with Gasteiger partial charge in [-0.15, -0.1) is 0 Å². The first kappa shape index (κ1) is 21.6. The first-order valence-corrected chi connectivity index (χ1v) is 8.84. The molecule has 0 bridgehead atoms. The Morgan fingerprint density at radius 1 is 1.07 bits per heavy atom. The van der Waals surface area contributed by atoms with E-state index < -0.39 is 16.2 Å². The highest BCUT2D eigenvalue weighted by molar-refractivity contribution is 6.09. The van der Waals surface area contributed by atoms with Gasteiger partial charge < -0.3 is 15.4 Å². The summed E-state index contributed by atoms with van der Waals surface area (Å²) in [7, 11) is 1.51. The van der Waals surface area contributed by atoms with Crippen LogP contribution in [0.5, 0.6) is 5.75 Å². The van der Waals surface area contributed by atoms with Crippen molar-refractivity contribution in [1.29, 1.82) is 0 Å². The average Bonchev–Trinajstić information content (AvgIpc) is 2.67. The van der Waals surface area contributed by atoms with E-state index in [1.165, 1.54) is 37.5 Å². The van der Waals surface area contributed by atoms with Gasteiger partial charge in [-0.05, 0) is 24.3 Å². The van der Waals surface area contributed by atoms with Gasteiger partial charge in [0.2, 0.25) is 5.91 Å². The van der Waals surface area contributed by atoms with Gasteiger partial charge in [0.15, 0.2) is 0 Å². The molecule has 2 aromatic rings. The number of hydrogen-bond acceptors (Lipinski definition) is 5. The van der Waals surface area contributed by atoms with Crippen LogP contribution in [-0.4, -0.2) is 23.8 Å². The number of para-hydroxylation sites is 1. The van der Waals surface area contributed by atoms with Crippen LogP contribution in [0.25, 0.3) is 6.08 Å². The summed E-state index contributed by atoms with van der Waals surface area (Å²) in [4.78, 5) is 35.5. The molecule has 8 heteroatoms. The number of nitrogens with zero attached hydrogens (tertiary/aromatic N) is 1. The summed E-state index contributed by atoms with van der Waals surface area (Å²) in [6.45, 7) is 5.20. The lowest BCUT2D eigenvalue weighted by molar-refractivity contribution is -0.384. The number of ether oxygens (including phenoxy) is 1.